The number of halogens is 2. The van der Waals surface area contributed by atoms with Gasteiger partial charge >= 0.3 is 17.2 Å². The number of carbonyl (C=O) groups is 2. The molecule has 0 aliphatic rings. The van der Waals surface area contributed by atoms with Crippen molar-refractivity contribution in [2.75, 3.05) is 6.61 Å². The molecule has 1 aromatic carbocycles. The van der Waals surface area contributed by atoms with Gasteiger partial charge in [-0.25, -0.2) is 14.6 Å². The summed E-state index contributed by atoms with van der Waals surface area (Å²) in [6.07, 6.45) is 4.85. The van der Waals surface area contributed by atoms with Crippen molar-refractivity contribution in [3.05, 3.63) is 52.5 Å². The Balaban J connectivity index is 0.000000527. The van der Waals surface area contributed by atoms with E-state index < -0.39 is 11.9 Å². The van der Waals surface area contributed by atoms with Gasteiger partial charge in [0.2, 0.25) is 0 Å². The molecule has 0 saturated carbocycles. The Labute approximate surface area is 170 Å². The fraction of sp³-hybridized carbons (Fsp3) is 0.250. The first-order valence-electron chi connectivity index (χ1n) is 7.44. The summed E-state index contributed by atoms with van der Waals surface area (Å²) in [4.78, 5) is 22.2. The smallest absolute Gasteiger partial charge is 0.414 e. The fourth-order valence-electron chi connectivity index (χ4n) is 1.82. The molecular formula is C16H16Cl2N2O6S. The van der Waals surface area contributed by atoms with Crippen molar-refractivity contribution >= 4 is 52.6 Å². The van der Waals surface area contributed by atoms with Crippen LogP contribution in [0, 0.1) is 0 Å². The highest BCUT2D eigenvalue weighted by Gasteiger charge is 2.19. The number of rotatable bonds is 5. The maximum Gasteiger partial charge on any atom is 0.414 e. The summed E-state index contributed by atoms with van der Waals surface area (Å²) in [5.41, 5.74) is 0.789. The fourth-order valence-corrected chi connectivity index (χ4v) is 2.58. The Bertz CT molecular complexity index is 773. The van der Waals surface area contributed by atoms with Gasteiger partial charge in [-0.1, -0.05) is 29.3 Å². The van der Waals surface area contributed by atoms with Crippen molar-refractivity contribution in [3.63, 3.8) is 0 Å². The Kier molecular flexibility index (Phi) is 9.55. The molecule has 8 nitrogen and oxygen atoms in total. The van der Waals surface area contributed by atoms with Crippen molar-refractivity contribution in [1.29, 1.82) is 0 Å². The molecular weight excluding hydrogens is 419 g/mol. The SMILES string of the molecule is CCOC(=S)OC(Cn1ccnc1)c1ccc(Cl)cc1Cl.O=C(O)C(=O)O. The van der Waals surface area contributed by atoms with E-state index in [0.717, 1.165) is 5.56 Å². The van der Waals surface area contributed by atoms with E-state index in [0.29, 0.717) is 23.2 Å². The summed E-state index contributed by atoms with van der Waals surface area (Å²) in [7, 11) is 0. The van der Waals surface area contributed by atoms with E-state index in [2.05, 4.69) is 4.98 Å². The number of aromatic nitrogens is 2. The molecule has 0 fully saturated rings. The largest absolute Gasteiger partial charge is 0.473 e. The number of hydrogen-bond acceptors (Lipinski definition) is 6. The molecule has 0 aliphatic heterocycles. The third-order valence-corrected chi connectivity index (χ3v) is 3.71. The Hall–Kier alpha value is -2.36. The number of aliphatic carboxylic acids is 2. The van der Waals surface area contributed by atoms with Gasteiger partial charge in [-0.05, 0) is 19.1 Å². The number of carboxylic acid groups (broad SMARTS) is 2. The second kappa shape index (κ2) is 11.4. The zero-order valence-corrected chi connectivity index (χ0v) is 16.4. The minimum Gasteiger partial charge on any atom is -0.473 e. The van der Waals surface area contributed by atoms with Crippen LogP contribution in [-0.2, 0) is 25.6 Å². The second-order valence-electron chi connectivity index (χ2n) is 4.83. The standard InChI is InChI=1S/C14H14Cl2N2O2S.C2H2O4/c1-2-19-14(21)20-13(8-18-6-5-17-9-18)11-4-3-10(15)7-12(11)16;3-1(4)2(5)6/h3-7,9,13H,2,8H2,1H3;(H,3,4)(H,5,6). The summed E-state index contributed by atoms with van der Waals surface area (Å²) < 4.78 is 12.8. The maximum absolute atomic E-state index is 9.10. The summed E-state index contributed by atoms with van der Waals surface area (Å²) in [5, 5.41) is 16.0. The topological polar surface area (TPSA) is 111 Å². The number of benzene rings is 1. The highest BCUT2D eigenvalue weighted by atomic mass is 35.5. The van der Waals surface area contributed by atoms with Crippen LogP contribution in [0.1, 0.15) is 18.6 Å². The van der Waals surface area contributed by atoms with E-state index in [1.165, 1.54) is 0 Å². The number of carboxylic acids is 2. The van der Waals surface area contributed by atoms with Crippen molar-refractivity contribution in [3.8, 4) is 0 Å². The van der Waals surface area contributed by atoms with Crippen LogP contribution in [0.4, 0.5) is 0 Å². The Morgan fingerprint density at radius 3 is 2.44 bits per heavy atom. The normalized spacial score (nSPS) is 10.9. The molecule has 2 rings (SSSR count). The number of ether oxygens (including phenoxy) is 2. The minimum absolute atomic E-state index is 0.0913. The quantitative estimate of drug-likeness (QED) is 0.543. The lowest BCUT2D eigenvalue weighted by atomic mass is 10.1. The Morgan fingerprint density at radius 2 is 1.96 bits per heavy atom. The monoisotopic (exact) mass is 434 g/mol. The summed E-state index contributed by atoms with van der Waals surface area (Å²) in [6, 6.07) is 5.25. The van der Waals surface area contributed by atoms with E-state index in [9.17, 15) is 0 Å². The highest BCUT2D eigenvalue weighted by Crippen LogP contribution is 2.30. The van der Waals surface area contributed by atoms with Crippen molar-refractivity contribution < 1.29 is 29.3 Å². The van der Waals surface area contributed by atoms with E-state index in [1.807, 2.05) is 23.8 Å². The second-order valence-corrected chi connectivity index (χ2v) is 6.00. The van der Waals surface area contributed by atoms with Gasteiger partial charge in [0.05, 0.1) is 19.5 Å². The van der Waals surface area contributed by atoms with Gasteiger partial charge < -0.3 is 24.3 Å². The summed E-state index contributed by atoms with van der Waals surface area (Å²) >= 11 is 17.2. The van der Waals surface area contributed by atoms with E-state index >= 15 is 0 Å². The van der Waals surface area contributed by atoms with Gasteiger partial charge in [0.1, 0.15) is 6.10 Å². The zero-order chi connectivity index (χ0) is 20.4. The molecule has 0 bridgehead atoms. The predicted molar refractivity (Wildman–Crippen MR) is 102 cm³/mol. The third kappa shape index (κ3) is 8.25. The van der Waals surface area contributed by atoms with Gasteiger partial charge in [0.15, 0.2) is 0 Å². The first-order valence-corrected chi connectivity index (χ1v) is 8.61. The summed E-state index contributed by atoms with van der Waals surface area (Å²) in [6.45, 7) is 2.80. The van der Waals surface area contributed by atoms with Crippen molar-refractivity contribution in [2.45, 2.75) is 19.6 Å². The molecule has 27 heavy (non-hydrogen) atoms. The maximum atomic E-state index is 9.10. The van der Waals surface area contributed by atoms with Gasteiger partial charge in [0, 0.05) is 40.2 Å². The van der Waals surface area contributed by atoms with Gasteiger partial charge in [-0.15, -0.1) is 0 Å². The van der Waals surface area contributed by atoms with Crippen LogP contribution in [0.5, 0.6) is 0 Å². The van der Waals surface area contributed by atoms with Crippen molar-refractivity contribution in [1.82, 2.24) is 9.55 Å². The van der Waals surface area contributed by atoms with Crippen LogP contribution < -0.4 is 0 Å². The van der Waals surface area contributed by atoms with Gasteiger partial charge in [-0.3, -0.25) is 0 Å². The molecule has 1 atom stereocenters. The molecule has 1 unspecified atom stereocenters. The average molecular weight is 435 g/mol. The van der Waals surface area contributed by atoms with Crippen LogP contribution in [0.2, 0.25) is 10.0 Å². The molecule has 11 heteroatoms. The van der Waals surface area contributed by atoms with Crippen LogP contribution in [0.3, 0.4) is 0 Å². The van der Waals surface area contributed by atoms with Crippen LogP contribution in [-0.4, -0.2) is 43.5 Å². The van der Waals surface area contributed by atoms with E-state index in [1.54, 1.807) is 24.7 Å². The van der Waals surface area contributed by atoms with Crippen LogP contribution >= 0.6 is 35.4 Å². The third-order valence-electron chi connectivity index (χ3n) is 2.93. The minimum atomic E-state index is -1.82. The molecule has 1 heterocycles. The highest BCUT2D eigenvalue weighted by molar-refractivity contribution is 7.79. The molecule has 146 valence electrons. The van der Waals surface area contributed by atoms with Gasteiger partial charge in [0.25, 0.3) is 0 Å². The van der Waals surface area contributed by atoms with Crippen LogP contribution in [0.25, 0.3) is 0 Å². The first kappa shape index (κ1) is 22.7. The molecule has 2 aromatic rings. The first-order chi connectivity index (χ1) is 12.7. The molecule has 0 saturated heterocycles. The molecule has 0 radical (unpaired) electrons. The molecule has 2 N–H and O–H groups in total. The molecule has 0 aliphatic carbocycles. The molecule has 1 aromatic heterocycles. The van der Waals surface area contributed by atoms with E-state index in [-0.39, 0.29) is 11.3 Å². The number of imidazole rings is 1. The number of nitrogens with zero attached hydrogens (tertiary/aromatic N) is 2. The van der Waals surface area contributed by atoms with Crippen LogP contribution in [0.15, 0.2) is 36.9 Å². The lowest BCUT2D eigenvalue weighted by molar-refractivity contribution is -0.159. The predicted octanol–water partition coefficient (Wildman–Crippen LogP) is 3.42. The Morgan fingerprint density at radius 1 is 1.30 bits per heavy atom. The molecule has 0 spiro atoms. The van der Waals surface area contributed by atoms with E-state index in [4.69, 9.17) is 64.7 Å². The lowest BCUT2D eigenvalue weighted by Gasteiger charge is -2.21. The van der Waals surface area contributed by atoms with Crippen molar-refractivity contribution in [2.24, 2.45) is 0 Å². The number of hydrogen-bond donors (Lipinski definition) is 2. The zero-order valence-electron chi connectivity index (χ0n) is 14.0. The van der Waals surface area contributed by atoms with Gasteiger partial charge in [-0.2, -0.15) is 0 Å². The average Bonchev–Trinajstić information content (AvgIpc) is 3.08. The summed E-state index contributed by atoms with van der Waals surface area (Å²) in [5.74, 6) is -3.65. The lowest BCUT2D eigenvalue weighted by Crippen LogP contribution is -2.17. The number of thiocarbonyl (C=S) groups is 1. The molecule has 0 amide bonds.